The number of hydrogen-bond acceptors (Lipinski definition) is 6. The summed E-state index contributed by atoms with van der Waals surface area (Å²) in [5.41, 5.74) is 2.29. The quantitative estimate of drug-likeness (QED) is 0.274. The van der Waals surface area contributed by atoms with Crippen molar-refractivity contribution in [2.75, 3.05) is 49.1 Å². The molecule has 1 saturated heterocycles. The van der Waals surface area contributed by atoms with Gasteiger partial charge in [0, 0.05) is 55.7 Å². The molecule has 7 heteroatoms. The van der Waals surface area contributed by atoms with Gasteiger partial charge < -0.3 is 9.64 Å². The van der Waals surface area contributed by atoms with Crippen LogP contribution in [0.4, 0.5) is 11.5 Å². The minimum atomic E-state index is -0.131. The Bertz CT molecular complexity index is 1340. The number of unbranched alkanes of at least 4 members (excludes halogenated alkanes) is 1. The average Bonchev–Trinajstić information content (AvgIpc) is 3.01. The lowest BCUT2D eigenvalue weighted by Crippen LogP contribution is -2.46. The summed E-state index contributed by atoms with van der Waals surface area (Å²) in [6, 6.07) is 19.1. The molecule has 0 atom stereocenters. The first-order valence-electron chi connectivity index (χ1n) is 15.1. The Hall–Kier alpha value is -3.45. The fourth-order valence-corrected chi connectivity index (χ4v) is 6.47. The number of aryl methyl sites for hydroxylation is 1. The highest BCUT2D eigenvalue weighted by Gasteiger charge is 2.35. The summed E-state index contributed by atoms with van der Waals surface area (Å²) >= 11 is 0. The van der Waals surface area contributed by atoms with Crippen LogP contribution >= 0.6 is 0 Å². The molecule has 0 unspecified atom stereocenters. The highest BCUT2D eigenvalue weighted by atomic mass is 16.5. The van der Waals surface area contributed by atoms with Crippen LogP contribution in [-0.2, 0) is 16.0 Å². The third-order valence-corrected chi connectivity index (χ3v) is 8.77. The number of carbonyl (C=O) groups excluding carboxylic acids is 2. The lowest BCUT2D eigenvalue weighted by atomic mass is 9.87. The number of hydrogen-bond donors (Lipinski definition) is 0. The minimum absolute atomic E-state index is 0.0658. The molecule has 0 N–H and O–H groups in total. The van der Waals surface area contributed by atoms with Gasteiger partial charge in [-0.1, -0.05) is 55.7 Å². The van der Waals surface area contributed by atoms with Crippen molar-refractivity contribution in [2.45, 2.75) is 57.8 Å². The van der Waals surface area contributed by atoms with Crippen LogP contribution in [0.25, 0.3) is 10.8 Å². The maximum Gasteiger partial charge on any atom is 0.238 e. The van der Waals surface area contributed by atoms with Crippen LogP contribution in [0.15, 0.2) is 54.6 Å². The van der Waals surface area contributed by atoms with Gasteiger partial charge in [0.25, 0.3) is 0 Å². The highest BCUT2D eigenvalue weighted by Crippen LogP contribution is 2.33. The van der Waals surface area contributed by atoms with E-state index in [1.54, 1.807) is 0 Å². The van der Waals surface area contributed by atoms with E-state index in [-0.39, 0.29) is 17.7 Å². The predicted molar refractivity (Wildman–Crippen MR) is 159 cm³/mol. The molecular formula is C33H40N4O3. The molecule has 7 nitrogen and oxygen atoms in total. The van der Waals surface area contributed by atoms with Crippen molar-refractivity contribution >= 4 is 34.1 Å². The van der Waals surface area contributed by atoms with Crippen LogP contribution in [0.5, 0.6) is 5.88 Å². The van der Waals surface area contributed by atoms with E-state index in [0.29, 0.717) is 31.1 Å². The Balaban J connectivity index is 0.973. The Labute approximate surface area is 237 Å². The van der Waals surface area contributed by atoms with Crippen LogP contribution < -0.4 is 14.5 Å². The molecule has 2 amide bonds. The van der Waals surface area contributed by atoms with Gasteiger partial charge in [-0.15, -0.1) is 0 Å². The number of anilines is 2. The second-order valence-corrected chi connectivity index (χ2v) is 11.4. The van der Waals surface area contributed by atoms with Crippen LogP contribution in [0, 0.1) is 5.92 Å². The SMILES string of the molecule is O=C1CCc2ccc(OCCCCN3CCN(c4cccc5ccccc45)CC3)nc2N1C(=O)C1CCCCC1. The summed E-state index contributed by atoms with van der Waals surface area (Å²) in [7, 11) is 0. The molecule has 40 heavy (non-hydrogen) atoms. The lowest BCUT2D eigenvalue weighted by molar-refractivity contribution is -0.129. The number of amides is 2. The van der Waals surface area contributed by atoms with Crippen LogP contribution in [0.1, 0.15) is 56.9 Å². The number of aromatic nitrogens is 1. The maximum atomic E-state index is 13.3. The van der Waals surface area contributed by atoms with E-state index < -0.39 is 0 Å². The monoisotopic (exact) mass is 540 g/mol. The molecule has 3 aliphatic rings. The first-order chi connectivity index (χ1) is 19.7. The normalized spacial score (nSPS) is 18.6. The topological polar surface area (TPSA) is 66.0 Å². The third-order valence-electron chi connectivity index (χ3n) is 8.77. The molecule has 0 spiro atoms. The third kappa shape index (κ3) is 5.85. The van der Waals surface area contributed by atoms with Crippen LogP contribution in [-0.4, -0.2) is 61.0 Å². The Morgan fingerprint density at radius 2 is 1.68 bits per heavy atom. The fraction of sp³-hybridized carbons (Fsp3) is 0.485. The number of piperazine rings is 1. The number of nitrogens with zero attached hydrogens (tertiary/aromatic N) is 4. The van der Waals surface area contributed by atoms with Gasteiger partial charge in [0.15, 0.2) is 0 Å². The van der Waals surface area contributed by atoms with Crippen molar-refractivity contribution < 1.29 is 14.3 Å². The number of pyridine rings is 1. The van der Waals surface area contributed by atoms with Gasteiger partial charge in [-0.25, -0.2) is 4.90 Å². The van der Waals surface area contributed by atoms with Gasteiger partial charge in [-0.05, 0) is 61.7 Å². The largest absolute Gasteiger partial charge is 0.478 e. The standard InChI is InChI=1S/C33H40N4O3/c38-31-18-16-26-15-17-30(34-32(26)37(31)33(39)27-10-2-1-3-11-27)40-24-7-6-19-35-20-22-36(23-21-35)29-14-8-12-25-9-4-5-13-28(25)29/h4-5,8-9,12-15,17,27H,1-3,6-7,10-11,16,18-24H2. The molecule has 210 valence electrons. The number of fused-ring (bicyclic) bond motifs is 2. The van der Waals surface area contributed by atoms with Gasteiger partial charge in [-0.2, -0.15) is 4.98 Å². The molecule has 2 aromatic carbocycles. The molecule has 1 aliphatic carbocycles. The first-order valence-corrected chi connectivity index (χ1v) is 15.1. The summed E-state index contributed by atoms with van der Waals surface area (Å²) in [5.74, 6) is 0.722. The van der Waals surface area contributed by atoms with Crippen LogP contribution in [0.3, 0.4) is 0 Å². The summed E-state index contributed by atoms with van der Waals surface area (Å²) in [6.07, 6.45) is 8.01. The Morgan fingerprint density at radius 3 is 2.52 bits per heavy atom. The number of imide groups is 1. The lowest BCUT2D eigenvalue weighted by Gasteiger charge is -2.36. The molecule has 2 fully saturated rings. The van der Waals surface area contributed by atoms with Crippen molar-refractivity contribution in [3.05, 3.63) is 60.2 Å². The van der Waals surface area contributed by atoms with E-state index in [4.69, 9.17) is 4.74 Å². The molecule has 0 bridgehead atoms. The molecule has 6 rings (SSSR count). The van der Waals surface area contributed by atoms with Crippen molar-refractivity contribution in [2.24, 2.45) is 5.92 Å². The molecular weight excluding hydrogens is 500 g/mol. The zero-order valence-electron chi connectivity index (χ0n) is 23.4. The van der Waals surface area contributed by atoms with E-state index in [0.717, 1.165) is 76.8 Å². The summed E-state index contributed by atoms with van der Waals surface area (Å²) in [6.45, 7) is 5.84. The van der Waals surface area contributed by atoms with E-state index in [1.807, 2.05) is 12.1 Å². The van der Waals surface area contributed by atoms with Gasteiger partial charge in [-0.3, -0.25) is 14.5 Å². The van der Waals surface area contributed by atoms with Crippen molar-refractivity contribution in [1.82, 2.24) is 9.88 Å². The smallest absolute Gasteiger partial charge is 0.238 e. The Kier molecular flexibility index (Phi) is 8.28. The van der Waals surface area contributed by atoms with Gasteiger partial charge in [0.2, 0.25) is 17.7 Å². The zero-order valence-corrected chi connectivity index (χ0v) is 23.4. The second kappa shape index (κ2) is 12.4. The number of rotatable bonds is 8. The molecule has 0 radical (unpaired) electrons. The molecule has 2 aliphatic heterocycles. The second-order valence-electron chi connectivity index (χ2n) is 11.4. The first kappa shape index (κ1) is 26.8. The van der Waals surface area contributed by atoms with Gasteiger partial charge in [0.1, 0.15) is 5.82 Å². The molecule has 3 heterocycles. The molecule has 3 aromatic rings. The summed E-state index contributed by atoms with van der Waals surface area (Å²) < 4.78 is 6.00. The number of benzene rings is 2. The van der Waals surface area contributed by atoms with Gasteiger partial charge >= 0.3 is 0 Å². The number of ether oxygens (including phenoxy) is 1. The van der Waals surface area contributed by atoms with Crippen molar-refractivity contribution in [3.63, 3.8) is 0 Å². The van der Waals surface area contributed by atoms with Crippen molar-refractivity contribution in [1.29, 1.82) is 0 Å². The van der Waals surface area contributed by atoms with E-state index in [9.17, 15) is 9.59 Å². The van der Waals surface area contributed by atoms with Crippen LogP contribution in [0.2, 0.25) is 0 Å². The zero-order chi connectivity index (χ0) is 27.3. The average molecular weight is 541 g/mol. The van der Waals surface area contributed by atoms with Crippen molar-refractivity contribution in [3.8, 4) is 5.88 Å². The number of carbonyl (C=O) groups is 2. The van der Waals surface area contributed by atoms with Gasteiger partial charge in [0.05, 0.1) is 6.61 Å². The molecule has 1 saturated carbocycles. The molecule has 1 aromatic heterocycles. The minimum Gasteiger partial charge on any atom is -0.478 e. The van der Waals surface area contributed by atoms with E-state index in [1.165, 1.54) is 27.8 Å². The van der Waals surface area contributed by atoms with E-state index >= 15 is 0 Å². The Morgan fingerprint density at radius 1 is 0.875 bits per heavy atom. The predicted octanol–water partition coefficient (Wildman–Crippen LogP) is 5.60. The summed E-state index contributed by atoms with van der Waals surface area (Å²) in [4.78, 5) is 37.1. The highest BCUT2D eigenvalue weighted by molar-refractivity contribution is 6.16. The fourth-order valence-electron chi connectivity index (χ4n) is 6.47. The maximum absolute atomic E-state index is 13.3. The summed E-state index contributed by atoms with van der Waals surface area (Å²) in [5, 5.41) is 2.63. The van der Waals surface area contributed by atoms with E-state index in [2.05, 4.69) is 57.2 Å².